The maximum absolute atomic E-state index is 12.6. The Balaban J connectivity index is 1.82. The molecule has 1 aromatic carbocycles. The molecular formula is C27H45N4O5SSi+. The van der Waals surface area contributed by atoms with Crippen molar-refractivity contribution in [3.05, 3.63) is 18.5 Å². The van der Waals surface area contributed by atoms with Gasteiger partial charge in [0, 0.05) is 37.6 Å². The minimum atomic E-state index is -3.14. The van der Waals surface area contributed by atoms with E-state index in [9.17, 15) is 8.42 Å². The topological polar surface area (TPSA) is 90.9 Å². The zero-order valence-electron chi connectivity index (χ0n) is 24.4. The van der Waals surface area contributed by atoms with Crippen LogP contribution in [0.1, 0.15) is 54.4 Å². The van der Waals surface area contributed by atoms with Gasteiger partial charge in [-0.05, 0) is 37.5 Å². The lowest BCUT2D eigenvalue weighted by molar-refractivity contribution is -0.199. The van der Waals surface area contributed by atoms with Gasteiger partial charge in [0.15, 0.2) is 11.5 Å². The molecule has 3 heterocycles. The second-order valence-corrected chi connectivity index (χ2v) is 15.0. The summed E-state index contributed by atoms with van der Waals surface area (Å²) in [7, 11) is 0.636. The molecule has 9 nitrogen and oxygen atoms in total. The molecule has 11 heteroatoms. The van der Waals surface area contributed by atoms with Gasteiger partial charge < -0.3 is 9.47 Å². The molecule has 4 atom stereocenters. The predicted octanol–water partition coefficient (Wildman–Crippen LogP) is 3.30. The maximum atomic E-state index is 12.6. The Kier molecular flexibility index (Phi) is 7.92. The van der Waals surface area contributed by atoms with E-state index >= 15 is 0 Å². The van der Waals surface area contributed by atoms with Crippen molar-refractivity contribution in [2.45, 2.75) is 59.9 Å². The molecule has 0 saturated carbocycles. The number of sulfonamides is 1. The molecule has 4 rings (SSSR count). The van der Waals surface area contributed by atoms with Gasteiger partial charge in [-0.25, -0.2) is 17.7 Å². The normalized spacial score (nSPS) is 28.4. The molecule has 0 N–H and O–H groups in total. The first-order valence-electron chi connectivity index (χ1n) is 13.5. The van der Waals surface area contributed by atoms with Crippen molar-refractivity contribution in [1.29, 1.82) is 0 Å². The monoisotopic (exact) mass is 565 g/mol. The molecule has 2 aliphatic rings. The molecular weight excluding hydrogens is 520 g/mol. The van der Waals surface area contributed by atoms with Crippen LogP contribution in [0, 0.1) is 23.2 Å². The average Bonchev–Trinajstić information content (AvgIpc) is 3.18. The van der Waals surface area contributed by atoms with Crippen molar-refractivity contribution in [3.8, 4) is 11.5 Å². The fourth-order valence-electron chi connectivity index (χ4n) is 7.65. The van der Waals surface area contributed by atoms with Crippen molar-refractivity contribution in [3.63, 3.8) is 0 Å². The van der Waals surface area contributed by atoms with E-state index in [2.05, 4.69) is 46.5 Å². The standard InChI is InChI=1S/C27H45N4O5SSi/c1-18(16-30-11-9-13-37(30,32)33)19-10-12-31(36-38,27(5,6)24(19)26(2,3)4)25-20-14-22(34-7)23(35-8)15-21(20)28-17-29-25/h14-15,17-19,24H,9-13,16H2,1-8,38H3/q+1/t18?,19?,24-,31-/m0/s1. The van der Waals surface area contributed by atoms with Gasteiger partial charge in [0.25, 0.3) is 5.82 Å². The minimum Gasteiger partial charge on any atom is -0.493 e. The number of benzene rings is 1. The summed E-state index contributed by atoms with van der Waals surface area (Å²) in [4.78, 5) is 9.42. The molecule has 212 valence electrons. The van der Waals surface area contributed by atoms with Gasteiger partial charge in [-0.15, -0.1) is 4.65 Å². The van der Waals surface area contributed by atoms with E-state index in [-0.39, 0.29) is 28.5 Å². The highest BCUT2D eigenvalue weighted by molar-refractivity contribution is 7.89. The third kappa shape index (κ3) is 4.74. The summed E-state index contributed by atoms with van der Waals surface area (Å²) in [6.07, 6.45) is 3.23. The number of fused-ring (bicyclic) bond motifs is 1. The van der Waals surface area contributed by atoms with E-state index in [0.29, 0.717) is 45.6 Å². The van der Waals surface area contributed by atoms with E-state index in [0.717, 1.165) is 36.1 Å². The fraction of sp³-hybridized carbons (Fsp3) is 0.704. The first-order valence-corrected chi connectivity index (χ1v) is 15.9. The van der Waals surface area contributed by atoms with E-state index in [1.165, 1.54) is 0 Å². The van der Waals surface area contributed by atoms with E-state index in [1.807, 2.05) is 12.1 Å². The largest absolute Gasteiger partial charge is 0.493 e. The zero-order chi connectivity index (χ0) is 28.1. The highest BCUT2D eigenvalue weighted by atomic mass is 32.2. The van der Waals surface area contributed by atoms with Gasteiger partial charge in [-0.3, -0.25) is 4.53 Å². The second kappa shape index (κ2) is 10.3. The van der Waals surface area contributed by atoms with Crippen LogP contribution < -0.4 is 14.1 Å². The second-order valence-electron chi connectivity index (χ2n) is 12.5. The number of hydrogen-bond acceptors (Lipinski definition) is 7. The number of methoxy groups -OCH3 is 2. The highest BCUT2D eigenvalue weighted by Crippen LogP contribution is 2.55. The molecule has 2 saturated heterocycles. The van der Waals surface area contributed by atoms with Crippen LogP contribution in [0.5, 0.6) is 11.5 Å². The first kappa shape index (κ1) is 29.2. The van der Waals surface area contributed by atoms with Crippen LogP contribution >= 0.6 is 0 Å². The van der Waals surface area contributed by atoms with Crippen LogP contribution in [-0.2, 0) is 14.6 Å². The number of hydrogen-bond donors (Lipinski definition) is 0. The molecule has 0 radical (unpaired) electrons. The third-order valence-electron chi connectivity index (χ3n) is 9.03. The smallest absolute Gasteiger partial charge is 0.271 e. The SMILES string of the molecule is COc1cc2ncnc([N@@+]3(O[SiH3])CCC(C(C)CN4CCCS4(=O)=O)[C@@H](C(C)(C)C)C3(C)C)c2cc1OC. The summed E-state index contributed by atoms with van der Waals surface area (Å²) >= 11 is 0. The molecule has 0 spiro atoms. The lowest BCUT2D eigenvalue weighted by Crippen LogP contribution is -2.73. The summed E-state index contributed by atoms with van der Waals surface area (Å²) in [5.74, 6) is 3.12. The predicted molar refractivity (Wildman–Crippen MR) is 155 cm³/mol. The van der Waals surface area contributed by atoms with Gasteiger partial charge in [-0.1, -0.05) is 27.7 Å². The fourth-order valence-corrected chi connectivity index (χ4v) is 10.1. The van der Waals surface area contributed by atoms with Gasteiger partial charge in [0.1, 0.15) is 18.4 Å². The maximum Gasteiger partial charge on any atom is 0.271 e. The number of aromatic nitrogens is 2. The molecule has 1 aromatic heterocycles. The van der Waals surface area contributed by atoms with Crippen LogP contribution in [0.2, 0.25) is 0 Å². The van der Waals surface area contributed by atoms with Crippen molar-refractivity contribution in [2.75, 3.05) is 39.6 Å². The minimum absolute atomic E-state index is 0.0555. The Labute approximate surface area is 231 Å². The quantitative estimate of drug-likeness (QED) is 0.376. The third-order valence-corrected chi connectivity index (χ3v) is 11.6. The Hall–Kier alpha value is -1.79. The molecule has 38 heavy (non-hydrogen) atoms. The van der Waals surface area contributed by atoms with Gasteiger partial charge in [0.05, 0.1) is 30.9 Å². The molecule has 2 unspecified atom stereocenters. The summed E-state index contributed by atoms with van der Waals surface area (Å²) in [6.45, 7) is 15.6. The average molecular weight is 566 g/mol. The Morgan fingerprint density at radius 3 is 2.39 bits per heavy atom. The number of nitrogens with zero attached hydrogens (tertiary/aromatic N) is 4. The van der Waals surface area contributed by atoms with Crippen LogP contribution in [0.15, 0.2) is 18.5 Å². The van der Waals surface area contributed by atoms with E-state index < -0.39 is 10.0 Å². The molecule has 0 amide bonds. The van der Waals surface area contributed by atoms with Crippen LogP contribution in [0.4, 0.5) is 5.82 Å². The van der Waals surface area contributed by atoms with Gasteiger partial charge >= 0.3 is 0 Å². The summed E-state index contributed by atoms with van der Waals surface area (Å²) < 4.78 is 45.1. The zero-order valence-corrected chi connectivity index (χ0v) is 27.3. The molecule has 0 aliphatic carbocycles. The van der Waals surface area contributed by atoms with Crippen molar-refractivity contribution in [2.24, 2.45) is 23.2 Å². The summed E-state index contributed by atoms with van der Waals surface area (Å²) in [6, 6.07) is 3.85. The van der Waals surface area contributed by atoms with Crippen LogP contribution in [-0.4, -0.2) is 78.3 Å². The Morgan fingerprint density at radius 1 is 1.18 bits per heavy atom. The first-order chi connectivity index (χ1) is 17.7. The number of rotatable bonds is 7. The van der Waals surface area contributed by atoms with Crippen molar-refractivity contribution < 1.29 is 22.4 Å². The molecule has 2 aromatic rings. The highest BCUT2D eigenvalue weighted by Gasteiger charge is 2.62. The van der Waals surface area contributed by atoms with Crippen molar-refractivity contribution >= 4 is 37.2 Å². The number of hydroxylamine groups is 2. The van der Waals surface area contributed by atoms with Crippen molar-refractivity contribution in [1.82, 2.24) is 18.9 Å². The molecule has 2 fully saturated rings. The molecule has 2 aliphatic heterocycles. The van der Waals surface area contributed by atoms with Crippen LogP contribution in [0.25, 0.3) is 10.9 Å². The van der Waals surface area contributed by atoms with Gasteiger partial charge in [0.2, 0.25) is 20.5 Å². The number of ether oxygens (including phenoxy) is 2. The Morgan fingerprint density at radius 2 is 1.84 bits per heavy atom. The molecule has 0 bridgehead atoms. The van der Waals surface area contributed by atoms with Gasteiger partial charge in [-0.2, -0.15) is 4.98 Å². The van der Waals surface area contributed by atoms with E-state index in [4.69, 9.17) is 19.0 Å². The van der Waals surface area contributed by atoms with Crippen LogP contribution in [0.3, 0.4) is 0 Å². The van der Waals surface area contributed by atoms with E-state index in [1.54, 1.807) is 24.9 Å². The summed E-state index contributed by atoms with van der Waals surface area (Å²) in [5, 5.41) is 0.886. The Bertz CT molecular complexity index is 1280. The lowest BCUT2D eigenvalue weighted by atomic mass is 9.57. The number of quaternary nitrogens is 1. The lowest BCUT2D eigenvalue weighted by Gasteiger charge is -2.59. The number of piperidine rings is 1. The summed E-state index contributed by atoms with van der Waals surface area (Å²) in [5.41, 5.74) is 0.358.